The number of carbonyl (C=O) groups is 1. The molecule has 1 amide bonds. The van der Waals surface area contributed by atoms with E-state index in [2.05, 4.69) is 16.7 Å². The Balaban J connectivity index is 2.05. The van der Waals surface area contributed by atoms with Crippen molar-refractivity contribution in [3.63, 3.8) is 0 Å². The maximum atomic E-state index is 13.5. The minimum absolute atomic E-state index is 0.0934. The lowest BCUT2D eigenvalue weighted by molar-refractivity contribution is -0.121. The summed E-state index contributed by atoms with van der Waals surface area (Å²) in [5.41, 5.74) is 6.50. The van der Waals surface area contributed by atoms with Gasteiger partial charge in [0.25, 0.3) is 0 Å². The van der Waals surface area contributed by atoms with E-state index in [1.54, 1.807) is 12.1 Å². The van der Waals surface area contributed by atoms with Crippen LogP contribution < -0.4 is 5.73 Å². The van der Waals surface area contributed by atoms with Crippen LogP contribution in [0.15, 0.2) is 18.2 Å². The molecule has 106 valence electrons. The molecule has 0 aromatic heterocycles. The predicted octanol–water partition coefficient (Wildman–Crippen LogP) is 0.477. The van der Waals surface area contributed by atoms with Crippen molar-refractivity contribution in [1.29, 1.82) is 0 Å². The summed E-state index contributed by atoms with van der Waals surface area (Å²) in [6, 6.07) is 4.75. The minimum atomic E-state index is -0.397. The van der Waals surface area contributed by atoms with Crippen LogP contribution in [0, 0.1) is 23.6 Å². The van der Waals surface area contributed by atoms with Gasteiger partial charge in [-0.3, -0.25) is 9.69 Å². The smallest absolute Gasteiger partial charge is 0.221 e. The second-order valence-corrected chi connectivity index (χ2v) is 4.90. The molecule has 0 aliphatic carbocycles. The Morgan fingerprint density at radius 1 is 1.55 bits per heavy atom. The number of hydrogen-bond acceptors (Lipinski definition) is 3. The van der Waals surface area contributed by atoms with E-state index in [1.165, 1.54) is 6.07 Å². The molecule has 1 saturated heterocycles. The number of aliphatic hydroxyl groups excluding tert-OH is 1. The van der Waals surface area contributed by atoms with E-state index in [-0.39, 0.29) is 24.0 Å². The fraction of sp³-hybridized carbons (Fsp3) is 0.400. The Bertz CT molecular complexity index is 563. The summed E-state index contributed by atoms with van der Waals surface area (Å²) in [5, 5.41) is 8.65. The van der Waals surface area contributed by atoms with Gasteiger partial charge < -0.3 is 10.8 Å². The van der Waals surface area contributed by atoms with Gasteiger partial charge in [-0.15, -0.1) is 0 Å². The molecule has 3 N–H and O–H groups in total. The Morgan fingerprint density at radius 2 is 2.35 bits per heavy atom. The highest BCUT2D eigenvalue weighted by molar-refractivity contribution is 5.77. The number of halogens is 1. The first kappa shape index (κ1) is 14.5. The quantitative estimate of drug-likeness (QED) is 0.789. The zero-order valence-electron chi connectivity index (χ0n) is 11.1. The van der Waals surface area contributed by atoms with E-state index in [4.69, 9.17) is 10.8 Å². The third-order valence-electron chi connectivity index (χ3n) is 3.41. The molecule has 2 rings (SSSR count). The number of amides is 1. The third-order valence-corrected chi connectivity index (χ3v) is 3.41. The van der Waals surface area contributed by atoms with Gasteiger partial charge in [-0.2, -0.15) is 0 Å². The van der Waals surface area contributed by atoms with Crippen LogP contribution in [0.2, 0.25) is 0 Å². The van der Waals surface area contributed by atoms with Crippen molar-refractivity contribution in [2.24, 2.45) is 11.7 Å². The third kappa shape index (κ3) is 3.56. The molecule has 0 saturated carbocycles. The lowest BCUT2D eigenvalue weighted by Crippen LogP contribution is -2.27. The zero-order valence-corrected chi connectivity index (χ0v) is 11.1. The van der Waals surface area contributed by atoms with Crippen molar-refractivity contribution in [1.82, 2.24) is 4.90 Å². The molecule has 1 aromatic carbocycles. The average Bonchev–Trinajstić information content (AvgIpc) is 2.88. The molecule has 1 atom stereocenters. The summed E-state index contributed by atoms with van der Waals surface area (Å²) in [7, 11) is 0. The number of nitrogens with zero attached hydrogens (tertiary/aromatic N) is 1. The number of benzene rings is 1. The van der Waals surface area contributed by atoms with E-state index in [0.29, 0.717) is 13.1 Å². The van der Waals surface area contributed by atoms with Crippen LogP contribution in [0.25, 0.3) is 0 Å². The fourth-order valence-corrected chi connectivity index (χ4v) is 2.37. The van der Waals surface area contributed by atoms with Gasteiger partial charge in [0.1, 0.15) is 12.4 Å². The van der Waals surface area contributed by atoms with Crippen molar-refractivity contribution in [3.8, 4) is 11.8 Å². The number of rotatable bonds is 3. The average molecular weight is 276 g/mol. The second kappa shape index (κ2) is 6.51. The summed E-state index contributed by atoms with van der Waals surface area (Å²) in [4.78, 5) is 13.2. The molecule has 1 heterocycles. The lowest BCUT2D eigenvalue weighted by atomic mass is 10.1. The molecular formula is C15H17FN2O2. The molecule has 1 aliphatic rings. The molecule has 5 heteroatoms. The number of carbonyl (C=O) groups excluding carboxylic acids is 1. The first-order valence-corrected chi connectivity index (χ1v) is 6.50. The highest BCUT2D eigenvalue weighted by atomic mass is 19.1. The summed E-state index contributed by atoms with van der Waals surface area (Å²) in [6.07, 6.45) is 0.772. The van der Waals surface area contributed by atoms with Crippen LogP contribution >= 0.6 is 0 Å². The van der Waals surface area contributed by atoms with Gasteiger partial charge in [-0.25, -0.2) is 4.39 Å². The monoisotopic (exact) mass is 276 g/mol. The Labute approximate surface area is 117 Å². The van der Waals surface area contributed by atoms with E-state index >= 15 is 0 Å². The molecule has 1 aromatic rings. The number of likely N-dealkylation sites (tertiary alicyclic amines) is 1. The van der Waals surface area contributed by atoms with Crippen molar-refractivity contribution in [2.45, 2.75) is 13.0 Å². The first-order chi connectivity index (χ1) is 9.60. The lowest BCUT2D eigenvalue weighted by Gasteiger charge is -2.15. The van der Waals surface area contributed by atoms with Gasteiger partial charge in [0, 0.05) is 13.1 Å². The van der Waals surface area contributed by atoms with E-state index < -0.39 is 5.82 Å². The summed E-state index contributed by atoms with van der Waals surface area (Å²) in [5.74, 6) is 4.27. The summed E-state index contributed by atoms with van der Waals surface area (Å²) >= 11 is 0. The molecule has 1 unspecified atom stereocenters. The standard InChI is InChI=1S/C15H17FN2O2/c16-14-4-3-11(8-12(14)2-1-7-19)9-18-6-5-13(10-18)15(17)20/h3-4,8,13,19H,5-7,9-10H2,(H2,17,20). The Morgan fingerprint density at radius 3 is 3.00 bits per heavy atom. The minimum Gasteiger partial charge on any atom is -0.384 e. The van der Waals surface area contributed by atoms with Crippen LogP contribution in [0.1, 0.15) is 17.5 Å². The molecule has 1 aliphatic heterocycles. The fourth-order valence-electron chi connectivity index (χ4n) is 2.37. The van der Waals surface area contributed by atoms with Crippen molar-refractivity contribution in [2.75, 3.05) is 19.7 Å². The number of nitrogens with two attached hydrogens (primary N) is 1. The van der Waals surface area contributed by atoms with Crippen LogP contribution in [0.5, 0.6) is 0 Å². The predicted molar refractivity (Wildman–Crippen MR) is 72.9 cm³/mol. The van der Waals surface area contributed by atoms with Gasteiger partial charge in [0.05, 0.1) is 11.5 Å². The SMILES string of the molecule is NC(=O)C1CCN(Cc2ccc(F)c(C#CCO)c2)C1. The Kier molecular flexibility index (Phi) is 4.72. The topological polar surface area (TPSA) is 66.6 Å². The van der Waals surface area contributed by atoms with Gasteiger partial charge in [-0.05, 0) is 30.7 Å². The summed E-state index contributed by atoms with van der Waals surface area (Å²) < 4.78 is 13.5. The normalized spacial score (nSPS) is 18.6. The van der Waals surface area contributed by atoms with Crippen LogP contribution in [-0.2, 0) is 11.3 Å². The van der Waals surface area contributed by atoms with Crippen molar-refractivity contribution < 1.29 is 14.3 Å². The zero-order chi connectivity index (χ0) is 14.5. The Hall–Kier alpha value is -1.90. The first-order valence-electron chi connectivity index (χ1n) is 6.50. The molecule has 20 heavy (non-hydrogen) atoms. The molecular weight excluding hydrogens is 259 g/mol. The van der Waals surface area contributed by atoms with Gasteiger partial charge in [0.2, 0.25) is 5.91 Å². The second-order valence-electron chi connectivity index (χ2n) is 4.90. The molecule has 1 fully saturated rings. The number of hydrogen-bond donors (Lipinski definition) is 2. The highest BCUT2D eigenvalue weighted by Gasteiger charge is 2.26. The molecule has 0 radical (unpaired) electrons. The summed E-state index contributed by atoms with van der Waals surface area (Å²) in [6.45, 7) is 1.79. The van der Waals surface area contributed by atoms with Gasteiger partial charge in [0.15, 0.2) is 0 Å². The van der Waals surface area contributed by atoms with Crippen molar-refractivity contribution >= 4 is 5.91 Å². The van der Waals surface area contributed by atoms with Crippen LogP contribution in [0.4, 0.5) is 4.39 Å². The number of aliphatic hydroxyl groups is 1. The van der Waals surface area contributed by atoms with Gasteiger partial charge >= 0.3 is 0 Å². The molecule has 4 nitrogen and oxygen atoms in total. The number of primary amides is 1. The molecule has 0 spiro atoms. The van der Waals surface area contributed by atoms with E-state index in [1.807, 2.05) is 0 Å². The molecule has 0 bridgehead atoms. The highest BCUT2D eigenvalue weighted by Crippen LogP contribution is 2.19. The van der Waals surface area contributed by atoms with Crippen LogP contribution in [0.3, 0.4) is 0 Å². The van der Waals surface area contributed by atoms with Gasteiger partial charge in [-0.1, -0.05) is 17.9 Å². The van der Waals surface area contributed by atoms with E-state index in [9.17, 15) is 9.18 Å². The largest absolute Gasteiger partial charge is 0.384 e. The van der Waals surface area contributed by atoms with E-state index in [0.717, 1.165) is 18.5 Å². The van der Waals surface area contributed by atoms with Crippen LogP contribution in [-0.4, -0.2) is 35.6 Å². The maximum Gasteiger partial charge on any atom is 0.221 e. The van der Waals surface area contributed by atoms with Crippen molar-refractivity contribution in [3.05, 3.63) is 35.1 Å². The maximum absolute atomic E-state index is 13.5.